The maximum atomic E-state index is 6.26. The van der Waals surface area contributed by atoms with Gasteiger partial charge >= 0.3 is 0 Å². The fourth-order valence-electron chi connectivity index (χ4n) is 3.10. The molecule has 2 rings (SSSR count). The molecule has 1 aliphatic heterocycles. The lowest BCUT2D eigenvalue weighted by atomic mass is 9.79. The van der Waals surface area contributed by atoms with E-state index in [2.05, 4.69) is 57.0 Å². The normalized spacial score (nSPS) is 20.5. The molecule has 5 nitrogen and oxygen atoms in total. The summed E-state index contributed by atoms with van der Waals surface area (Å²) in [6.45, 7) is 7.31. The van der Waals surface area contributed by atoms with Gasteiger partial charge in [0.25, 0.3) is 6.02 Å². The van der Waals surface area contributed by atoms with Crippen LogP contribution in [0.2, 0.25) is 5.15 Å². The Balaban J connectivity index is 2.08. The number of nitrogens with one attached hydrogen (secondary N) is 1. The van der Waals surface area contributed by atoms with Gasteiger partial charge in [-0.3, -0.25) is 5.32 Å². The fourth-order valence-corrected chi connectivity index (χ4v) is 3.43. The molecule has 0 radical (unpaired) electrons. The Kier molecular flexibility index (Phi) is 6.65. The van der Waals surface area contributed by atoms with E-state index in [0.29, 0.717) is 34.1 Å². The lowest BCUT2D eigenvalue weighted by molar-refractivity contribution is 0.0104. The molecule has 0 bridgehead atoms. The highest BCUT2D eigenvalue weighted by molar-refractivity contribution is 9.10. The molecule has 0 saturated carbocycles. The van der Waals surface area contributed by atoms with Crippen molar-refractivity contribution < 1.29 is 4.74 Å². The second kappa shape index (κ2) is 8.29. The van der Waals surface area contributed by atoms with E-state index in [1.807, 2.05) is 0 Å². The van der Waals surface area contributed by atoms with Crippen molar-refractivity contribution >= 4 is 39.4 Å². The van der Waals surface area contributed by atoms with Gasteiger partial charge in [0.1, 0.15) is 10.2 Å². The second-order valence-electron chi connectivity index (χ2n) is 5.88. The molecule has 128 valence electrons. The number of amidine groups is 1. The van der Waals surface area contributed by atoms with E-state index in [4.69, 9.17) is 16.3 Å². The van der Waals surface area contributed by atoms with Crippen LogP contribution in [0, 0.1) is 5.92 Å². The molecule has 23 heavy (non-hydrogen) atoms. The first kappa shape index (κ1) is 18.5. The zero-order valence-corrected chi connectivity index (χ0v) is 16.2. The highest BCUT2D eigenvalue weighted by atomic mass is 79.9. The van der Waals surface area contributed by atoms with Gasteiger partial charge in [-0.2, -0.15) is 0 Å². The Bertz CT molecular complexity index is 563. The van der Waals surface area contributed by atoms with Crippen LogP contribution in [0.15, 0.2) is 15.8 Å². The summed E-state index contributed by atoms with van der Waals surface area (Å²) in [6.07, 6.45) is 7.18. The van der Waals surface area contributed by atoms with Gasteiger partial charge in [-0.1, -0.05) is 45.2 Å². The van der Waals surface area contributed by atoms with E-state index in [1.54, 1.807) is 6.20 Å². The molecule has 1 aromatic rings. The van der Waals surface area contributed by atoms with Gasteiger partial charge in [-0.25, -0.2) is 15.0 Å². The number of nitrogens with zero attached hydrogens (tertiary/aromatic N) is 3. The topological polar surface area (TPSA) is 59.4 Å². The minimum absolute atomic E-state index is 0.207. The summed E-state index contributed by atoms with van der Waals surface area (Å²) in [5.41, 5.74) is -0.207. The average Bonchev–Trinajstić information content (AvgIpc) is 2.95. The smallest absolute Gasteiger partial charge is 0.291 e. The maximum Gasteiger partial charge on any atom is 0.291 e. The van der Waals surface area contributed by atoms with Crippen LogP contribution in [0.25, 0.3) is 0 Å². The zero-order valence-electron chi connectivity index (χ0n) is 13.9. The van der Waals surface area contributed by atoms with Gasteiger partial charge < -0.3 is 4.74 Å². The summed E-state index contributed by atoms with van der Waals surface area (Å²) in [7, 11) is 0. The molecule has 0 spiro atoms. The monoisotopic (exact) mass is 402 g/mol. The molecule has 0 aliphatic carbocycles. The van der Waals surface area contributed by atoms with Crippen molar-refractivity contribution in [2.75, 3.05) is 11.9 Å². The van der Waals surface area contributed by atoms with Crippen LogP contribution in [0.3, 0.4) is 0 Å². The number of rotatable bonds is 7. The molecule has 0 unspecified atom stereocenters. The largest absolute Gasteiger partial charge is 0.456 e. The predicted octanol–water partition coefficient (Wildman–Crippen LogP) is 5.06. The van der Waals surface area contributed by atoms with Gasteiger partial charge in [0.15, 0.2) is 11.0 Å². The Hall–Kier alpha value is -0.880. The Morgan fingerprint density at radius 1 is 1.35 bits per heavy atom. The van der Waals surface area contributed by atoms with Gasteiger partial charge in [-0.05, 0) is 35.2 Å². The summed E-state index contributed by atoms with van der Waals surface area (Å²) in [5.74, 6) is 1.05. The van der Waals surface area contributed by atoms with E-state index in [9.17, 15) is 0 Å². The van der Waals surface area contributed by atoms with Crippen molar-refractivity contribution in [3.05, 3.63) is 16.0 Å². The van der Waals surface area contributed by atoms with E-state index >= 15 is 0 Å². The Labute approximate surface area is 151 Å². The number of aliphatic imine (C=N–C) groups is 1. The third-order valence-electron chi connectivity index (χ3n) is 4.33. The molecule has 7 heteroatoms. The molecular weight excluding hydrogens is 380 g/mol. The molecule has 0 fully saturated rings. The Morgan fingerprint density at radius 2 is 2.04 bits per heavy atom. The molecule has 0 saturated heterocycles. The van der Waals surface area contributed by atoms with Crippen LogP contribution in [-0.4, -0.2) is 28.1 Å². The third-order valence-corrected chi connectivity index (χ3v) is 5.40. The highest BCUT2D eigenvalue weighted by Gasteiger charge is 2.43. The quantitative estimate of drug-likeness (QED) is 0.691. The number of aromatic nitrogens is 2. The molecule has 0 aromatic carbocycles. The predicted molar refractivity (Wildman–Crippen MR) is 98.1 cm³/mol. The summed E-state index contributed by atoms with van der Waals surface area (Å²) in [4.78, 5) is 12.9. The fraction of sp³-hybridized carbons (Fsp3) is 0.688. The van der Waals surface area contributed by atoms with E-state index in [0.717, 1.165) is 32.1 Å². The van der Waals surface area contributed by atoms with Gasteiger partial charge in [0, 0.05) is 5.92 Å². The number of ether oxygens (including phenoxy) is 1. The van der Waals surface area contributed by atoms with Crippen LogP contribution in [0.1, 0.15) is 52.9 Å². The molecule has 1 aliphatic rings. The lowest BCUT2D eigenvalue weighted by Gasteiger charge is -2.35. The third kappa shape index (κ3) is 4.35. The summed E-state index contributed by atoms with van der Waals surface area (Å²) < 4.78 is 6.78. The minimum Gasteiger partial charge on any atom is -0.456 e. The van der Waals surface area contributed by atoms with Crippen LogP contribution in [-0.2, 0) is 4.74 Å². The van der Waals surface area contributed by atoms with Crippen LogP contribution in [0.4, 0.5) is 5.82 Å². The molecule has 1 N–H and O–H groups in total. The molecule has 0 amide bonds. The van der Waals surface area contributed by atoms with Gasteiger partial charge in [-0.15, -0.1) is 0 Å². The second-order valence-corrected chi connectivity index (χ2v) is 6.99. The SMILES string of the molecule is CCCC(CCC)[C@@]1(CC)CN=C(Nc2cnc(Br)c(Cl)n2)O1. The minimum atomic E-state index is -0.207. The van der Waals surface area contributed by atoms with Crippen molar-refractivity contribution in [2.24, 2.45) is 10.9 Å². The summed E-state index contributed by atoms with van der Waals surface area (Å²) >= 11 is 9.20. The standard InChI is InChI=1S/C16H24BrClN4O/c1-4-7-11(8-5-2)16(6-3)10-20-15(23-16)22-12-9-19-13(17)14(18)21-12/h9,11H,4-8,10H2,1-3H3,(H,20,21,22)/t16-/m1/s1. The van der Waals surface area contributed by atoms with E-state index in [1.165, 1.54) is 0 Å². The molecular formula is C16H24BrClN4O. The van der Waals surface area contributed by atoms with Crippen LogP contribution < -0.4 is 5.32 Å². The molecule has 1 atom stereocenters. The molecule has 1 aromatic heterocycles. The first-order valence-electron chi connectivity index (χ1n) is 8.23. The first-order valence-corrected chi connectivity index (χ1v) is 9.40. The zero-order chi connectivity index (χ0) is 16.9. The average molecular weight is 404 g/mol. The van der Waals surface area contributed by atoms with Gasteiger partial charge in [0.05, 0.1) is 12.7 Å². The number of hydrogen-bond acceptors (Lipinski definition) is 5. The van der Waals surface area contributed by atoms with Crippen molar-refractivity contribution in [3.63, 3.8) is 0 Å². The highest BCUT2D eigenvalue weighted by Crippen LogP contribution is 2.37. The van der Waals surface area contributed by atoms with Crippen molar-refractivity contribution in [2.45, 2.75) is 58.5 Å². The number of hydrogen-bond donors (Lipinski definition) is 1. The summed E-state index contributed by atoms with van der Waals surface area (Å²) in [6, 6.07) is 0.511. The number of halogens is 2. The first-order chi connectivity index (χ1) is 11.0. The lowest BCUT2D eigenvalue weighted by Crippen LogP contribution is -2.42. The van der Waals surface area contributed by atoms with Gasteiger partial charge in [0.2, 0.25) is 0 Å². The molecule has 2 heterocycles. The van der Waals surface area contributed by atoms with Crippen molar-refractivity contribution in [3.8, 4) is 0 Å². The maximum absolute atomic E-state index is 6.26. The van der Waals surface area contributed by atoms with E-state index in [-0.39, 0.29) is 5.60 Å². The van der Waals surface area contributed by atoms with E-state index < -0.39 is 0 Å². The van der Waals surface area contributed by atoms with Crippen LogP contribution in [0.5, 0.6) is 0 Å². The van der Waals surface area contributed by atoms with Crippen LogP contribution >= 0.6 is 27.5 Å². The van der Waals surface area contributed by atoms with Crippen molar-refractivity contribution in [1.29, 1.82) is 0 Å². The summed E-state index contributed by atoms with van der Waals surface area (Å²) in [5, 5.41) is 3.40. The Morgan fingerprint density at radius 3 is 2.61 bits per heavy atom. The number of anilines is 1. The van der Waals surface area contributed by atoms with Crippen molar-refractivity contribution in [1.82, 2.24) is 9.97 Å².